The van der Waals surface area contributed by atoms with Gasteiger partial charge >= 0.3 is 0 Å². The van der Waals surface area contributed by atoms with Gasteiger partial charge in [-0.25, -0.2) is 16.8 Å². The van der Waals surface area contributed by atoms with Gasteiger partial charge in [-0.15, -0.1) is 0 Å². The first kappa shape index (κ1) is 31.9. The van der Waals surface area contributed by atoms with Gasteiger partial charge in [0.05, 0.1) is 9.79 Å². The molecule has 2 aromatic rings. The van der Waals surface area contributed by atoms with Crippen LogP contribution in [0.15, 0.2) is 70.5 Å². The van der Waals surface area contributed by atoms with Gasteiger partial charge in [-0.3, -0.25) is 0 Å². The third-order valence-electron chi connectivity index (χ3n) is 8.33. The van der Waals surface area contributed by atoms with E-state index in [1.54, 1.807) is 36.4 Å². The summed E-state index contributed by atoms with van der Waals surface area (Å²) in [5.41, 5.74) is 2.54. The van der Waals surface area contributed by atoms with Crippen LogP contribution >= 0.6 is 0 Å². The van der Waals surface area contributed by atoms with E-state index in [4.69, 9.17) is 0 Å². The van der Waals surface area contributed by atoms with Crippen molar-refractivity contribution in [2.24, 2.45) is 11.8 Å². The highest BCUT2D eigenvalue weighted by atomic mass is 32.2. The fourth-order valence-electron chi connectivity index (χ4n) is 6.11. The minimum Gasteiger partial charge on any atom is -0.303 e. The van der Waals surface area contributed by atoms with Gasteiger partial charge in [0.25, 0.3) is 0 Å². The number of sulfonamides is 2. The second-order valence-electron chi connectivity index (χ2n) is 12.2. The Morgan fingerprint density at radius 2 is 1.22 bits per heavy atom. The van der Waals surface area contributed by atoms with E-state index in [-0.39, 0.29) is 28.8 Å². The Morgan fingerprint density at radius 3 is 1.78 bits per heavy atom. The van der Waals surface area contributed by atoms with E-state index in [9.17, 15) is 16.8 Å². The van der Waals surface area contributed by atoms with Gasteiger partial charge in [-0.05, 0) is 81.3 Å². The summed E-state index contributed by atoms with van der Waals surface area (Å²) in [5, 5.41) is 0. The predicted molar refractivity (Wildman–Crippen MR) is 166 cm³/mol. The van der Waals surface area contributed by atoms with E-state index in [1.165, 1.54) is 40.7 Å². The van der Waals surface area contributed by atoms with E-state index in [1.807, 2.05) is 26.0 Å². The molecule has 0 N–H and O–H groups in total. The molecule has 0 spiro atoms. The number of aryl methyl sites for hydroxylation is 2. The molecule has 1 saturated carbocycles. The molecule has 2 aromatic carbocycles. The first-order valence-corrected chi connectivity index (χ1v) is 17.9. The van der Waals surface area contributed by atoms with Gasteiger partial charge in [0.2, 0.25) is 20.0 Å². The van der Waals surface area contributed by atoms with Gasteiger partial charge in [0.1, 0.15) is 0 Å². The molecule has 9 heteroatoms. The van der Waals surface area contributed by atoms with Crippen molar-refractivity contribution in [3.05, 3.63) is 71.8 Å². The Balaban J connectivity index is 1.64. The molecule has 4 rings (SSSR count). The van der Waals surface area contributed by atoms with Crippen molar-refractivity contribution in [2.45, 2.75) is 69.1 Å². The molecule has 7 nitrogen and oxygen atoms in total. The molecule has 0 radical (unpaired) electrons. The first-order valence-electron chi connectivity index (χ1n) is 15.0. The lowest BCUT2D eigenvalue weighted by atomic mass is 9.88. The molecule has 0 bridgehead atoms. The number of hydrogen-bond acceptors (Lipinski definition) is 5. The zero-order chi connectivity index (χ0) is 29.6. The highest BCUT2D eigenvalue weighted by Crippen LogP contribution is 2.26. The molecular weight excluding hydrogens is 555 g/mol. The van der Waals surface area contributed by atoms with Crippen LogP contribution in [-0.2, 0) is 20.0 Å². The van der Waals surface area contributed by atoms with Gasteiger partial charge in [0, 0.05) is 39.3 Å². The van der Waals surface area contributed by atoms with Crippen molar-refractivity contribution < 1.29 is 16.8 Å². The minimum atomic E-state index is -3.80. The highest BCUT2D eigenvalue weighted by Gasteiger charge is 2.31. The fraction of sp³-hybridized carbons (Fsp3) is 0.562. The average molecular weight is 602 g/mol. The van der Waals surface area contributed by atoms with Crippen LogP contribution in [0.1, 0.15) is 56.6 Å². The van der Waals surface area contributed by atoms with Crippen LogP contribution in [0.4, 0.5) is 0 Å². The molecule has 0 aromatic heterocycles. The van der Waals surface area contributed by atoms with Crippen molar-refractivity contribution in [3.63, 3.8) is 0 Å². The molecule has 1 saturated heterocycles. The van der Waals surface area contributed by atoms with Gasteiger partial charge < -0.3 is 4.90 Å². The number of hydrogen-bond donors (Lipinski definition) is 0. The summed E-state index contributed by atoms with van der Waals surface area (Å²) in [6, 6.07) is 13.8. The molecule has 2 fully saturated rings. The maximum Gasteiger partial charge on any atom is 0.243 e. The standard InChI is InChI=1S/C32H47N3O4S2/c1-26-11-15-31(16-12-26)40(36,37)34-20-8-19-33(25-30-9-6-5-7-10-30)21-28(3)23-35(24-29(4)22-34)41(38,39)32-17-13-27(2)14-18-32/h11-18,28,30H,4-10,19-25H2,1-3H3. The van der Waals surface area contributed by atoms with Crippen LogP contribution in [-0.4, -0.2) is 76.2 Å². The van der Waals surface area contributed by atoms with Crippen molar-refractivity contribution >= 4 is 20.0 Å². The van der Waals surface area contributed by atoms with Crippen LogP contribution in [0, 0.1) is 25.7 Å². The molecule has 0 amide bonds. The average Bonchev–Trinajstić information content (AvgIpc) is 2.92. The SMILES string of the molecule is C=C1CN(S(=O)(=O)c2ccc(C)cc2)CCCN(CC2CCCCC2)CC(C)CN(S(=O)(=O)c2ccc(C)cc2)C1. The normalized spacial score (nSPS) is 22.2. The highest BCUT2D eigenvalue weighted by molar-refractivity contribution is 7.89. The Labute approximate surface area is 248 Å². The van der Waals surface area contributed by atoms with Crippen molar-refractivity contribution in [1.29, 1.82) is 0 Å². The summed E-state index contributed by atoms with van der Waals surface area (Å²) in [7, 11) is -7.58. The summed E-state index contributed by atoms with van der Waals surface area (Å²) < 4.78 is 58.3. The predicted octanol–water partition coefficient (Wildman–Crippen LogP) is 5.46. The van der Waals surface area contributed by atoms with Crippen LogP contribution < -0.4 is 0 Å². The van der Waals surface area contributed by atoms with Gasteiger partial charge in [-0.1, -0.05) is 68.2 Å². The lowest BCUT2D eigenvalue weighted by molar-refractivity contribution is 0.165. The molecule has 1 heterocycles. The molecule has 41 heavy (non-hydrogen) atoms. The Bertz CT molecular complexity index is 1370. The quantitative estimate of drug-likeness (QED) is 0.411. The summed E-state index contributed by atoms with van der Waals surface area (Å²) in [6.45, 7) is 13.5. The van der Waals surface area contributed by atoms with Crippen LogP contribution in [0.25, 0.3) is 0 Å². The second-order valence-corrected chi connectivity index (χ2v) is 16.1. The third-order valence-corrected chi connectivity index (χ3v) is 12.0. The second kappa shape index (κ2) is 14.0. The molecule has 1 aliphatic carbocycles. The van der Waals surface area contributed by atoms with Gasteiger partial charge in [-0.2, -0.15) is 8.61 Å². The van der Waals surface area contributed by atoms with Crippen molar-refractivity contribution in [3.8, 4) is 0 Å². The van der Waals surface area contributed by atoms with E-state index < -0.39 is 20.0 Å². The molecule has 2 aliphatic rings. The van der Waals surface area contributed by atoms with Crippen molar-refractivity contribution in [1.82, 2.24) is 13.5 Å². The number of nitrogens with zero attached hydrogens (tertiary/aromatic N) is 3. The molecular formula is C32H47N3O4S2. The number of rotatable bonds is 6. The minimum absolute atomic E-state index is 0.0725. The van der Waals surface area contributed by atoms with Crippen LogP contribution in [0.5, 0.6) is 0 Å². The number of benzene rings is 2. The summed E-state index contributed by atoms with van der Waals surface area (Å²) in [5.74, 6) is 0.752. The molecule has 1 aliphatic heterocycles. The lowest BCUT2D eigenvalue weighted by Crippen LogP contribution is -2.44. The van der Waals surface area contributed by atoms with Gasteiger partial charge in [0.15, 0.2) is 0 Å². The van der Waals surface area contributed by atoms with E-state index in [0.29, 0.717) is 31.0 Å². The lowest BCUT2D eigenvalue weighted by Gasteiger charge is -2.35. The summed E-state index contributed by atoms with van der Waals surface area (Å²) in [4.78, 5) is 2.95. The van der Waals surface area contributed by atoms with E-state index >= 15 is 0 Å². The molecule has 226 valence electrons. The van der Waals surface area contributed by atoms with E-state index in [0.717, 1.165) is 30.8 Å². The zero-order valence-corrected chi connectivity index (χ0v) is 26.6. The Hall–Kier alpha value is -2.04. The third kappa shape index (κ3) is 8.51. The Kier molecular flexibility index (Phi) is 10.9. The monoisotopic (exact) mass is 601 g/mol. The summed E-state index contributed by atoms with van der Waals surface area (Å²) >= 11 is 0. The molecule has 1 unspecified atom stereocenters. The smallest absolute Gasteiger partial charge is 0.243 e. The van der Waals surface area contributed by atoms with Crippen LogP contribution in [0.3, 0.4) is 0 Å². The fourth-order valence-corrected chi connectivity index (χ4v) is 9.19. The maximum atomic E-state index is 13.9. The molecule has 1 atom stereocenters. The maximum absolute atomic E-state index is 13.9. The topological polar surface area (TPSA) is 78.0 Å². The first-order chi connectivity index (χ1) is 19.4. The largest absolute Gasteiger partial charge is 0.303 e. The summed E-state index contributed by atoms with van der Waals surface area (Å²) in [6.07, 6.45) is 7.00. The van der Waals surface area contributed by atoms with E-state index in [2.05, 4.69) is 18.4 Å². The Morgan fingerprint density at radius 1 is 0.707 bits per heavy atom. The van der Waals surface area contributed by atoms with Crippen LogP contribution in [0.2, 0.25) is 0 Å². The van der Waals surface area contributed by atoms with Crippen molar-refractivity contribution in [2.75, 3.05) is 45.8 Å². The zero-order valence-electron chi connectivity index (χ0n) is 25.0.